The average molecular weight is 570 g/mol. The first-order chi connectivity index (χ1) is 13.5. The number of aryl methyl sites for hydroxylation is 1. The summed E-state index contributed by atoms with van der Waals surface area (Å²) < 4.78 is 27.4. The van der Waals surface area contributed by atoms with E-state index in [-0.39, 0.29) is 24.0 Å². The molecule has 3 N–H and O–H groups in total. The number of anilines is 1. The van der Waals surface area contributed by atoms with Crippen LogP contribution in [0.15, 0.2) is 38.8 Å². The van der Waals surface area contributed by atoms with E-state index in [1.54, 1.807) is 24.5 Å². The van der Waals surface area contributed by atoms with Crippen molar-refractivity contribution in [3.05, 3.63) is 34.5 Å². The second-order valence-electron chi connectivity index (χ2n) is 6.62. The van der Waals surface area contributed by atoms with Gasteiger partial charge in [-0.15, -0.1) is 46.7 Å². The summed E-state index contributed by atoms with van der Waals surface area (Å²) in [5, 5.41) is 10.1. The molecule has 3 heterocycles. The molecule has 0 aliphatic carbocycles. The van der Waals surface area contributed by atoms with Crippen molar-refractivity contribution in [3.63, 3.8) is 0 Å². The van der Waals surface area contributed by atoms with Gasteiger partial charge in [-0.3, -0.25) is 4.99 Å². The van der Waals surface area contributed by atoms with Crippen molar-refractivity contribution in [3.8, 4) is 0 Å². The Labute approximate surface area is 198 Å². The molecule has 2 aromatic heterocycles. The highest BCUT2D eigenvalue weighted by Gasteiger charge is 2.21. The maximum Gasteiger partial charge on any atom is 0.250 e. The van der Waals surface area contributed by atoms with Gasteiger partial charge in [0.1, 0.15) is 4.21 Å². The maximum absolute atomic E-state index is 12.2. The molecular weight excluding hydrogens is 541 g/mol. The number of guanidine groups is 1. The number of piperidine rings is 1. The van der Waals surface area contributed by atoms with Crippen LogP contribution in [0, 0.1) is 6.92 Å². The van der Waals surface area contributed by atoms with Gasteiger partial charge in [0.05, 0.1) is 5.00 Å². The van der Waals surface area contributed by atoms with E-state index in [4.69, 9.17) is 0 Å². The summed E-state index contributed by atoms with van der Waals surface area (Å²) in [6, 6.07) is 8.07. The number of nitrogens with one attached hydrogen (secondary N) is 3. The van der Waals surface area contributed by atoms with Gasteiger partial charge in [-0.2, -0.15) is 0 Å². The van der Waals surface area contributed by atoms with Crippen LogP contribution in [-0.4, -0.2) is 53.6 Å². The standard InChI is InChI=1S/C18H27N5O2S3.HI/c1-14-5-6-17(27-14)28(24,25)21-10-9-20-18(19-2)22-15-7-11-23(12-8-15)16-4-3-13-26-16;/h3-6,13,15,21H,7-12H2,1-2H3,(H2,19,20,22);1H. The van der Waals surface area contributed by atoms with Crippen molar-refractivity contribution in [1.82, 2.24) is 15.4 Å². The Bertz CT molecular complexity index is 875. The molecule has 0 aromatic carbocycles. The Morgan fingerprint density at radius 1 is 1.24 bits per heavy atom. The molecule has 3 rings (SSSR count). The topological polar surface area (TPSA) is 85.8 Å². The lowest BCUT2D eigenvalue weighted by Gasteiger charge is -2.33. The molecule has 162 valence electrons. The van der Waals surface area contributed by atoms with Gasteiger partial charge < -0.3 is 15.5 Å². The number of sulfonamides is 1. The van der Waals surface area contributed by atoms with Crippen molar-refractivity contribution >= 4 is 67.6 Å². The molecule has 2 aromatic rings. The number of nitrogens with zero attached hydrogens (tertiary/aromatic N) is 2. The van der Waals surface area contributed by atoms with Crippen LogP contribution in [0.5, 0.6) is 0 Å². The van der Waals surface area contributed by atoms with Crippen LogP contribution in [-0.2, 0) is 10.0 Å². The predicted octanol–water partition coefficient (Wildman–Crippen LogP) is 2.85. The van der Waals surface area contributed by atoms with Crippen LogP contribution >= 0.6 is 46.7 Å². The number of hydrogen-bond acceptors (Lipinski definition) is 6. The molecule has 1 saturated heterocycles. The lowest BCUT2D eigenvalue weighted by Crippen LogP contribution is -2.49. The Morgan fingerprint density at radius 3 is 2.59 bits per heavy atom. The fourth-order valence-corrected chi connectivity index (χ4v) is 6.22. The number of aliphatic imine (C=N–C) groups is 1. The summed E-state index contributed by atoms with van der Waals surface area (Å²) in [5.41, 5.74) is 0. The highest BCUT2D eigenvalue weighted by atomic mass is 127. The summed E-state index contributed by atoms with van der Waals surface area (Å²) >= 11 is 3.05. The van der Waals surface area contributed by atoms with Crippen molar-refractivity contribution < 1.29 is 8.42 Å². The molecular formula is C18H28IN5O2S3. The Balaban J connectivity index is 0.00000300. The zero-order valence-electron chi connectivity index (χ0n) is 16.6. The lowest BCUT2D eigenvalue weighted by atomic mass is 10.1. The van der Waals surface area contributed by atoms with E-state index in [2.05, 4.69) is 42.8 Å². The zero-order valence-corrected chi connectivity index (χ0v) is 21.3. The Morgan fingerprint density at radius 2 is 2.00 bits per heavy atom. The first kappa shape index (κ1) is 24.4. The van der Waals surface area contributed by atoms with Gasteiger partial charge in [0.25, 0.3) is 0 Å². The molecule has 11 heteroatoms. The molecule has 29 heavy (non-hydrogen) atoms. The van der Waals surface area contributed by atoms with Crippen LogP contribution in [0.4, 0.5) is 5.00 Å². The molecule has 1 fully saturated rings. The molecule has 1 aliphatic rings. The van der Waals surface area contributed by atoms with Crippen molar-refractivity contribution in [1.29, 1.82) is 0 Å². The summed E-state index contributed by atoms with van der Waals surface area (Å²) in [4.78, 5) is 7.65. The minimum atomic E-state index is -3.44. The van der Waals surface area contributed by atoms with Gasteiger partial charge in [0, 0.05) is 44.1 Å². The number of rotatable bonds is 7. The second kappa shape index (κ2) is 11.5. The fraction of sp³-hybridized carbons (Fsp3) is 0.500. The van der Waals surface area contributed by atoms with Crippen LogP contribution < -0.4 is 20.3 Å². The molecule has 0 spiro atoms. The smallest absolute Gasteiger partial charge is 0.250 e. The molecule has 0 atom stereocenters. The van der Waals surface area contributed by atoms with Crippen molar-refractivity contribution in [2.45, 2.75) is 30.0 Å². The van der Waals surface area contributed by atoms with Crippen molar-refractivity contribution in [2.24, 2.45) is 4.99 Å². The van der Waals surface area contributed by atoms with Crippen molar-refractivity contribution in [2.75, 3.05) is 38.1 Å². The number of halogens is 1. The summed E-state index contributed by atoms with van der Waals surface area (Å²) in [5.74, 6) is 0.709. The monoisotopic (exact) mass is 569 g/mol. The van der Waals surface area contributed by atoms with Gasteiger partial charge in [-0.05, 0) is 49.4 Å². The third-order valence-corrected chi connectivity index (χ3v) is 8.45. The van der Waals surface area contributed by atoms with E-state index in [0.29, 0.717) is 29.3 Å². The summed E-state index contributed by atoms with van der Waals surface area (Å²) in [6.07, 6.45) is 2.09. The van der Waals surface area contributed by atoms with Gasteiger partial charge in [-0.25, -0.2) is 13.1 Å². The lowest BCUT2D eigenvalue weighted by molar-refractivity contribution is 0.463. The first-order valence-corrected chi connectivity index (χ1v) is 12.5. The van der Waals surface area contributed by atoms with E-state index in [1.165, 1.54) is 16.3 Å². The van der Waals surface area contributed by atoms with E-state index in [0.717, 1.165) is 30.8 Å². The second-order valence-corrected chi connectivity index (χ2v) is 10.8. The number of thiophene rings is 2. The van der Waals surface area contributed by atoms with Crippen LogP contribution in [0.3, 0.4) is 0 Å². The largest absolute Gasteiger partial charge is 0.363 e. The highest BCUT2D eigenvalue weighted by Crippen LogP contribution is 2.24. The summed E-state index contributed by atoms with van der Waals surface area (Å²) in [7, 11) is -1.70. The molecule has 0 amide bonds. The molecule has 0 radical (unpaired) electrons. The highest BCUT2D eigenvalue weighted by molar-refractivity contribution is 14.0. The minimum absolute atomic E-state index is 0. The molecule has 0 saturated carbocycles. The maximum atomic E-state index is 12.2. The molecule has 0 unspecified atom stereocenters. The van der Waals surface area contributed by atoms with Gasteiger partial charge in [-0.1, -0.05) is 0 Å². The summed E-state index contributed by atoms with van der Waals surface area (Å²) in [6.45, 7) is 4.71. The first-order valence-electron chi connectivity index (χ1n) is 9.29. The molecule has 7 nitrogen and oxygen atoms in total. The predicted molar refractivity (Wildman–Crippen MR) is 134 cm³/mol. The fourth-order valence-electron chi connectivity index (χ4n) is 3.08. The van der Waals surface area contributed by atoms with E-state index >= 15 is 0 Å². The Hall–Kier alpha value is -0.890. The van der Waals surface area contributed by atoms with Crippen LogP contribution in [0.1, 0.15) is 17.7 Å². The van der Waals surface area contributed by atoms with Gasteiger partial charge in [0.2, 0.25) is 10.0 Å². The molecule has 1 aliphatic heterocycles. The van der Waals surface area contributed by atoms with Gasteiger partial charge >= 0.3 is 0 Å². The third kappa shape index (κ3) is 7.09. The normalized spacial score (nSPS) is 15.8. The van der Waals surface area contributed by atoms with Gasteiger partial charge in [0.15, 0.2) is 5.96 Å². The van der Waals surface area contributed by atoms with E-state index in [1.807, 2.05) is 13.0 Å². The van der Waals surface area contributed by atoms with E-state index in [9.17, 15) is 8.42 Å². The van der Waals surface area contributed by atoms with Crippen LogP contribution in [0.2, 0.25) is 0 Å². The van der Waals surface area contributed by atoms with Crippen LogP contribution in [0.25, 0.3) is 0 Å². The Kier molecular flexibility index (Phi) is 9.66. The van der Waals surface area contributed by atoms with E-state index < -0.39 is 10.0 Å². The molecule has 0 bridgehead atoms. The third-order valence-electron chi connectivity index (χ3n) is 4.57. The number of hydrogen-bond donors (Lipinski definition) is 3. The minimum Gasteiger partial charge on any atom is -0.363 e. The SMILES string of the molecule is CN=C(NCCNS(=O)(=O)c1ccc(C)s1)NC1CCN(c2cccs2)CC1.I. The zero-order chi connectivity index (χ0) is 20.0. The quantitative estimate of drug-likeness (QED) is 0.207. The average Bonchev–Trinajstić information content (AvgIpc) is 3.37.